The van der Waals surface area contributed by atoms with E-state index in [2.05, 4.69) is 21.2 Å². The fourth-order valence-corrected chi connectivity index (χ4v) is 4.24. The molecule has 0 bridgehead atoms. The summed E-state index contributed by atoms with van der Waals surface area (Å²) in [6, 6.07) is 9.62. The maximum atomic E-state index is 12.6. The summed E-state index contributed by atoms with van der Waals surface area (Å²) in [5.74, 6) is -0.985. The summed E-state index contributed by atoms with van der Waals surface area (Å²) in [5, 5.41) is 2.63. The van der Waals surface area contributed by atoms with Crippen molar-refractivity contribution in [1.82, 2.24) is 9.88 Å². The van der Waals surface area contributed by atoms with E-state index in [-0.39, 0.29) is 30.8 Å². The van der Waals surface area contributed by atoms with Crippen LogP contribution in [0.4, 0.5) is 0 Å². The molecule has 1 heterocycles. The highest BCUT2D eigenvalue weighted by atomic mass is 79.9. The summed E-state index contributed by atoms with van der Waals surface area (Å²) in [6.07, 6.45) is 5.00. The standard InChI is InChI=1S/C23H27BrN2O4/c1-15-12-20(16(2)26(15)19-10-8-18(24)9-11-19)21(27)14-30-22(28)13-25-23(29)17-6-4-3-5-7-17/h8-12,17H,3-7,13-14H2,1-2H3,(H,25,29). The number of Topliss-reactive ketones (excluding diaryl/α,β-unsaturated/α-hetero) is 1. The first kappa shape index (κ1) is 22.3. The van der Waals surface area contributed by atoms with Crippen LogP contribution in [0, 0.1) is 19.8 Å². The number of nitrogens with zero attached hydrogens (tertiary/aromatic N) is 1. The van der Waals surface area contributed by atoms with E-state index in [4.69, 9.17) is 4.74 Å². The first-order valence-corrected chi connectivity index (χ1v) is 11.1. The number of ketones is 1. The smallest absolute Gasteiger partial charge is 0.325 e. The van der Waals surface area contributed by atoms with Gasteiger partial charge in [0.2, 0.25) is 11.7 Å². The third kappa shape index (κ3) is 5.39. The number of benzene rings is 1. The predicted molar refractivity (Wildman–Crippen MR) is 118 cm³/mol. The number of carbonyl (C=O) groups is 3. The van der Waals surface area contributed by atoms with Crippen LogP contribution in [0.2, 0.25) is 0 Å². The van der Waals surface area contributed by atoms with Crippen molar-refractivity contribution >= 4 is 33.6 Å². The van der Waals surface area contributed by atoms with Crippen LogP contribution in [0.5, 0.6) is 0 Å². The van der Waals surface area contributed by atoms with Crippen LogP contribution in [-0.4, -0.2) is 35.4 Å². The average Bonchev–Trinajstić information content (AvgIpc) is 3.05. The van der Waals surface area contributed by atoms with Crippen LogP contribution < -0.4 is 5.32 Å². The SMILES string of the molecule is Cc1cc(C(=O)COC(=O)CNC(=O)C2CCCCC2)c(C)n1-c1ccc(Br)cc1. The van der Waals surface area contributed by atoms with Crippen molar-refractivity contribution in [2.24, 2.45) is 5.92 Å². The Morgan fingerprint density at radius 3 is 2.43 bits per heavy atom. The zero-order chi connectivity index (χ0) is 21.7. The van der Waals surface area contributed by atoms with Gasteiger partial charge in [0.15, 0.2) is 6.61 Å². The summed E-state index contributed by atoms with van der Waals surface area (Å²) in [6.45, 7) is 3.25. The highest BCUT2D eigenvalue weighted by Crippen LogP contribution is 2.24. The molecule has 1 fully saturated rings. The monoisotopic (exact) mass is 474 g/mol. The molecule has 0 saturated heterocycles. The number of ether oxygens (including phenoxy) is 1. The Hall–Kier alpha value is -2.41. The largest absolute Gasteiger partial charge is 0.456 e. The lowest BCUT2D eigenvalue weighted by molar-refractivity contribution is -0.143. The summed E-state index contributed by atoms with van der Waals surface area (Å²) in [5.41, 5.74) is 3.19. The zero-order valence-corrected chi connectivity index (χ0v) is 19.0. The minimum atomic E-state index is -0.603. The number of hydrogen-bond acceptors (Lipinski definition) is 4. The molecule has 30 heavy (non-hydrogen) atoms. The Labute approximate surface area is 185 Å². The fraction of sp³-hybridized carbons (Fsp3) is 0.435. The second kappa shape index (κ2) is 10.1. The molecule has 0 spiro atoms. The molecule has 160 valence electrons. The van der Waals surface area contributed by atoms with Gasteiger partial charge in [-0.05, 0) is 57.0 Å². The molecule has 0 atom stereocenters. The maximum absolute atomic E-state index is 12.6. The number of halogens is 1. The van der Waals surface area contributed by atoms with Gasteiger partial charge in [-0.15, -0.1) is 0 Å². The molecule has 1 aliphatic carbocycles. The molecule has 0 unspecified atom stereocenters. The van der Waals surface area contributed by atoms with E-state index in [1.165, 1.54) is 0 Å². The van der Waals surface area contributed by atoms with Gasteiger partial charge in [-0.25, -0.2) is 0 Å². The Morgan fingerprint density at radius 1 is 1.10 bits per heavy atom. The minimum absolute atomic E-state index is 0.0165. The minimum Gasteiger partial charge on any atom is -0.456 e. The van der Waals surface area contributed by atoms with E-state index in [1.807, 2.05) is 42.7 Å². The van der Waals surface area contributed by atoms with Crippen LogP contribution in [0.1, 0.15) is 53.8 Å². The van der Waals surface area contributed by atoms with Crippen LogP contribution in [0.3, 0.4) is 0 Å². The summed E-state index contributed by atoms with van der Waals surface area (Å²) < 4.78 is 8.07. The number of hydrogen-bond donors (Lipinski definition) is 1. The number of nitrogens with one attached hydrogen (secondary N) is 1. The molecule has 0 aliphatic heterocycles. The van der Waals surface area contributed by atoms with E-state index in [0.717, 1.165) is 53.7 Å². The Morgan fingerprint density at radius 2 is 1.77 bits per heavy atom. The van der Waals surface area contributed by atoms with Gasteiger partial charge in [-0.3, -0.25) is 14.4 Å². The zero-order valence-electron chi connectivity index (χ0n) is 17.4. The van der Waals surface area contributed by atoms with Crippen LogP contribution in [0.15, 0.2) is 34.8 Å². The average molecular weight is 475 g/mol. The molecule has 6 nitrogen and oxygen atoms in total. The van der Waals surface area contributed by atoms with Crippen molar-refractivity contribution in [2.75, 3.05) is 13.2 Å². The maximum Gasteiger partial charge on any atom is 0.325 e. The topological polar surface area (TPSA) is 77.4 Å². The lowest BCUT2D eigenvalue weighted by Crippen LogP contribution is -2.36. The van der Waals surface area contributed by atoms with Gasteiger partial charge in [-0.1, -0.05) is 35.2 Å². The highest BCUT2D eigenvalue weighted by molar-refractivity contribution is 9.10. The molecule has 1 aromatic heterocycles. The van der Waals surface area contributed by atoms with Gasteiger partial charge >= 0.3 is 5.97 Å². The van der Waals surface area contributed by atoms with E-state index in [0.29, 0.717) is 5.56 Å². The van der Waals surface area contributed by atoms with Crippen molar-refractivity contribution in [3.63, 3.8) is 0 Å². The molecule has 7 heteroatoms. The normalized spacial score (nSPS) is 14.4. The summed E-state index contributed by atoms with van der Waals surface area (Å²) >= 11 is 3.42. The number of aromatic nitrogens is 1. The molecule has 1 aromatic carbocycles. The first-order chi connectivity index (χ1) is 14.4. The number of aryl methyl sites for hydroxylation is 1. The van der Waals surface area contributed by atoms with Gasteiger partial charge < -0.3 is 14.6 Å². The fourth-order valence-electron chi connectivity index (χ4n) is 3.98. The molecule has 1 N–H and O–H groups in total. The number of rotatable bonds is 7. The molecule has 2 aromatic rings. The van der Waals surface area contributed by atoms with E-state index < -0.39 is 5.97 Å². The van der Waals surface area contributed by atoms with Crippen LogP contribution >= 0.6 is 15.9 Å². The first-order valence-electron chi connectivity index (χ1n) is 10.3. The van der Waals surface area contributed by atoms with Gasteiger partial charge in [0.25, 0.3) is 0 Å². The second-order valence-corrected chi connectivity index (χ2v) is 8.65. The molecular weight excluding hydrogens is 448 g/mol. The second-order valence-electron chi connectivity index (χ2n) is 7.73. The van der Waals surface area contributed by atoms with Crippen molar-refractivity contribution in [3.8, 4) is 5.69 Å². The molecule has 1 saturated carbocycles. The van der Waals surface area contributed by atoms with Crippen molar-refractivity contribution in [1.29, 1.82) is 0 Å². The van der Waals surface area contributed by atoms with Gasteiger partial charge in [0.1, 0.15) is 6.54 Å². The quantitative estimate of drug-likeness (QED) is 0.479. The Bertz CT molecular complexity index is 927. The number of carbonyl (C=O) groups excluding carboxylic acids is 3. The van der Waals surface area contributed by atoms with Crippen LogP contribution in [0.25, 0.3) is 5.69 Å². The predicted octanol–water partition coefficient (Wildman–Crippen LogP) is 4.28. The highest BCUT2D eigenvalue weighted by Gasteiger charge is 2.22. The molecule has 1 aliphatic rings. The summed E-state index contributed by atoms with van der Waals surface area (Å²) in [4.78, 5) is 36.7. The molecule has 3 rings (SSSR count). The third-order valence-electron chi connectivity index (χ3n) is 5.56. The lowest BCUT2D eigenvalue weighted by atomic mass is 9.89. The van der Waals surface area contributed by atoms with E-state index in [1.54, 1.807) is 6.07 Å². The number of amides is 1. The van der Waals surface area contributed by atoms with Crippen molar-refractivity contribution in [3.05, 3.63) is 51.8 Å². The van der Waals surface area contributed by atoms with E-state index in [9.17, 15) is 14.4 Å². The lowest BCUT2D eigenvalue weighted by Gasteiger charge is -2.20. The Kier molecular flexibility index (Phi) is 7.48. The Balaban J connectivity index is 1.54. The van der Waals surface area contributed by atoms with Crippen LogP contribution in [-0.2, 0) is 14.3 Å². The molecule has 0 radical (unpaired) electrons. The van der Waals surface area contributed by atoms with Crippen molar-refractivity contribution < 1.29 is 19.1 Å². The number of esters is 1. The third-order valence-corrected chi connectivity index (χ3v) is 6.09. The van der Waals surface area contributed by atoms with Gasteiger partial charge in [-0.2, -0.15) is 0 Å². The summed E-state index contributed by atoms with van der Waals surface area (Å²) in [7, 11) is 0. The molecule has 1 amide bonds. The van der Waals surface area contributed by atoms with Gasteiger partial charge in [0.05, 0.1) is 0 Å². The van der Waals surface area contributed by atoms with E-state index >= 15 is 0 Å². The molecular formula is C23H27BrN2O4. The van der Waals surface area contributed by atoms with Crippen molar-refractivity contribution in [2.45, 2.75) is 46.0 Å². The van der Waals surface area contributed by atoms with Gasteiger partial charge in [0, 0.05) is 33.0 Å².